The monoisotopic (exact) mass is 312 g/mol. The second kappa shape index (κ2) is 7.68. The molecule has 7 nitrogen and oxygen atoms in total. The van der Waals surface area contributed by atoms with E-state index in [1.54, 1.807) is 36.4 Å². The molecule has 0 radical (unpaired) electrons. The molecule has 0 aliphatic carbocycles. The van der Waals surface area contributed by atoms with Gasteiger partial charge in [-0.05, 0) is 17.7 Å². The summed E-state index contributed by atoms with van der Waals surface area (Å²) in [6.07, 6.45) is -3.20. The molecule has 1 aliphatic rings. The fraction of sp³-hybridized carbons (Fsp3) is 0.467. The van der Waals surface area contributed by atoms with Crippen molar-refractivity contribution in [1.29, 1.82) is 0 Å². The van der Waals surface area contributed by atoms with Crippen molar-refractivity contribution in [2.75, 3.05) is 13.2 Å². The summed E-state index contributed by atoms with van der Waals surface area (Å²) >= 11 is 0. The molecule has 0 aromatic heterocycles. The van der Waals surface area contributed by atoms with E-state index in [9.17, 15) is 15.3 Å². The molecular weight excluding hydrogens is 292 g/mol. The summed E-state index contributed by atoms with van der Waals surface area (Å²) in [6, 6.07) is 6.76. The van der Waals surface area contributed by atoms with Gasteiger partial charge in [-0.3, -0.25) is 0 Å². The van der Waals surface area contributed by atoms with Crippen molar-refractivity contribution in [3.63, 3.8) is 0 Å². The molecule has 1 aromatic carbocycles. The van der Waals surface area contributed by atoms with E-state index >= 15 is 0 Å². The largest absolute Gasteiger partial charge is 0.462 e. The number of aliphatic hydroxyl groups excluding tert-OH is 5. The Morgan fingerprint density at radius 1 is 1.00 bits per heavy atom. The molecule has 1 saturated heterocycles. The zero-order valence-corrected chi connectivity index (χ0v) is 11.8. The summed E-state index contributed by atoms with van der Waals surface area (Å²) in [5.41, 5.74) is 0.857. The van der Waals surface area contributed by atoms with Crippen LogP contribution in [-0.2, 0) is 4.74 Å². The highest BCUT2D eigenvalue weighted by Crippen LogP contribution is 2.24. The summed E-state index contributed by atoms with van der Waals surface area (Å²) in [5, 5.41) is 47.0. The number of hydrogen-bond donors (Lipinski definition) is 5. The second-order valence-electron chi connectivity index (χ2n) is 4.97. The fourth-order valence-electron chi connectivity index (χ4n) is 2.15. The summed E-state index contributed by atoms with van der Waals surface area (Å²) in [4.78, 5) is 0. The normalized spacial score (nSPS) is 32.3. The predicted octanol–water partition coefficient (Wildman–Crippen LogP) is -1.13. The van der Waals surface area contributed by atoms with Gasteiger partial charge < -0.3 is 35.0 Å². The predicted molar refractivity (Wildman–Crippen MR) is 77.0 cm³/mol. The Morgan fingerprint density at radius 2 is 1.68 bits per heavy atom. The lowest BCUT2D eigenvalue weighted by molar-refractivity contribution is -0.277. The van der Waals surface area contributed by atoms with E-state index in [0.29, 0.717) is 5.75 Å². The van der Waals surface area contributed by atoms with Gasteiger partial charge in [0.2, 0.25) is 6.29 Å². The molecule has 1 aliphatic heterocycles. The summed E-state index contributed by atoms with van der Waals surface area (Å²) in [7, 11) is 0. The van der Waals surface area contributed by atoms with Crippen LogP contribution in [0.25, 0.3) is 6.08 Å². The van der Waals surface area contributed by atoms with Crippen molar-refractivity contribution < 1.29 is 35.0 Å². The first-order valence-corrected chi connectivity index (χ1v) is 6.91. The number of benzene rings is 1. The first-order chi connectivity index (χ1) is 10.6. The standard InChI is InChI=1S/C15H20O7/c16-7-1-2-9-3-5-10(6-4-9)21-15-14(20)13(19)12(18)11(8-17)22-15/h1-6,11-20H,7-8H2/b2-1+/t11-,12-,13+,14-,15-/m1/s1. The third kappa shape index (κ3) is 3.83. The Labute approximate surface area is 127 Å². The third-order valence-corrected chi connectivity index (χ3v) is 3.40. The van der Waals surface area contributed by atoms with Crippen LogP contribution in [0, 0.1) is 0 Å². The molecular formula is C15H20O7. The van der Waals surface area contributed by atoms with Crippen molar-refractivity contribution in [3.05, 3.63) is 35.9 Å². The second-order valence-corrected chi connectivity index (χ2v) is 4.97. The van der Waals surface area contributed by atoms with Crippen LogP contribution in [0.15, 0.2) is 30.3 Å². The van der Waals surface area contributed by atoms with Crippen LogP contribution in [0.1, 0.15) is 5.56 Å². The molecule has 2 rings (SSSR count). The van der Waals surface area contributed by atoms with Gasteiger partial charge in [0.05, 0.1) is 13.2 Å². The molecule has 1 heterocycles. The topological polar surface area (TPSA) is 120 Å². The van der Waals surface area contributed by atoms with Crippen molar-refractivity contribution in [1.82, 2.24) is 0 Å². The Balaban J connectivity index is 2.04. The van der Waals surface area contributed by atoms with Gasteiger partial charge in [-0.1, -0.05) is 24.3 Å². The van der Waals surface area contributed by atoms with Crippen molar-refractivity contribution in [2.24, 2.45) is 0 Å². The van der Waals surface area contributed by atoms with Gasteiger partial charge in [-0.25, -0.2) is 0 Å². The summed E-state index contributed by atoms with van der Waals surface area (Å²) < 4.78 is 10.7. The molecule has 7 heteroatoms. The number of ether oxygens (including phenoxy) is 2. The van der Waals surface area contributed by atoms with Crippen LogP contribution in [-0.4, -0.2) is 69.5 Å². The number of hydrogen-bond acceptors (Lipinski definition) is 7. The van der Waals surface area contributed by atoms with Gasteiger partial charge in [0, 0.05) is 0 Å². The van der Waals surface area contributed by atoms with Crippen LogP contribution < -0.4 is 4.74 Å². The van der Waals surface area contributed by atoms with E-state index in [2.05, 4.69) is 0 Å². The van der Waals surface area contributed by atoms with Crippen LogP contribution in [0.2, 0.25) is 0 Å². The first kappa shape index (κ1) is 16.9. The minimum absolute atomic E-state index is 0.0525. The average Bonchev–Trinajstić information content (AvgIpc) is 2.54. The Hall–Kier alpha value is -1.48. The van der Waals surface area contributed by atoms with Gasteiger partial charge in [-0.2, -0.15) is 0 Å². The molecule has 5 atom stereocenters. The van der Waals surface area contributed by atoms with Gasteiger partial charge in [-0.15, -0.1) is 0 Å². The molecule has 22 heavy (non-hydrogen) atoms. The highest BCUT2D eigenvalue weighted by molar-refractivity contribution is 5.50. The van der Waals surface area contributed by atoms with Crippen LogP contribution in [0.5, 0.6) is 5.75 Å². The highest BCUT2D eigenvalue weighted by Gasteiger charge is 2.44. The van der Waals surface area contributed by atoms with Gasteiger partial charge >= 0.3 is 0 Å². The average molecular weight is 312 g/mol. The third-order valence-electron chi connectivity index (χ3n) is 3.40. The minimum Gasteiger partial charge on any atom is -0.462 e. The zero-order valence-electron chi connectivity index (χ0n) is 11.8. The molecule has 0 spiro atoms. The van der Waals surface area contributed by atoms with E-state index in [4.69, 9.17) is 19.7 Å². The molecule has 1 aromatic rings. The summed E-state index contributed by atoms with van der Waals surface area (Å²) in [5.74, 6) is 0.394. The lowest BCUT2D eigenvalue weighted by Gasteiger charge is -2.39. The van der Waals surface area contributed by atoms with Gasteiger partial charge in [0.1, 0.15) is 30.2 Å². The Bertz CT molecular complexity index is 485. The zero-order chi connectivity index (χ0) is 16.1. The van der Waals surface area contributed by atoms with E-state index in [0.717, 1.165) is 5.56 Å². The SMILES string of the molecule is OC/C=C/c1ccc(O[C@@H]2O[C@H](CO)[C@@H](O)[C@H](O)[C@H]2O)cc1. The Morgan fingerprint density at radius 3 is 2.27 bits per heavy atom. The lowest BCUT2D eigenvalue weighted by atomic mass is 9.99. The minimum atomic E-state index is -1.47. The number of aliphatic hydroxyl groups is 5. The van der Waals surface area contributed by atoms with Gasteiger partial charge in [0.15, 0.2) is 0 Å². The van der Waals surface area contributed by atoms with Crippen LogP contribution >= 0.6 is 0 Å². The smallest absolute Gasteiger partial charge is 0.229 e. The van der Waals surface area contributed by atoms with Gasteiger partial charge in [0.25, 0.3) is 0 Å². The molecule has 0 amide bonds. The van der Waals surface area contributed by atoms with Crippen LogP contribution in [0.3, 0.4) is 0 Å². The molecule has 0 bridgehead atoms. The fourth-order valence-corrected chi connectivity index (χ4v) is 2.15. The highest BCUT2D eigenvalue weighted by atomic mass is 16.7. The maximum absolute atomic E-state index is 9.87. The van der Waals surface area contributed by atoms with Crippen molar-refractivity contribution >= 4 is 6.08 Å². The molecule has 122 valence electrons. The molecule has 1 fully saturated rings. The summed E-state index contributed by atoms with van der Waals surface area (Å²) in [6.45, 7) is -0.557. The molecule has 0 saturated carbocycles. The van der Waals surface area contributed by atoms with Crippen molar-refractivity contribution in [2.45, 2.75) is 30.7 Å². The molecule has 0 unspecified atom stereocenters. The maximum Gasteiger partial charge on any atom is 0.229 e. The van der Waals surface area contributed by atoms with Crippen molar-refractivity contribution in [3.8, 4) is 5.75 Å². The van der Waals surface area contributed by atoms with E-state index < -0.39 is 37.3 Å². The lowest BCUT2D eigenvalue weighted by Crippen LogP contribution is -2.60. The van der Waals surface area contributed by atoms with E-state index in [1.807, 2.05) is 0 Å². The maximum atomic E-state index is 9.87. The van der Waals surface area contributed by atoms with Crippen LogP contribution in [0.4, 0.5) is 0 Å². The van der Waals surface area contributed by atoms with E-state index in [-0.39, 0.29) is 6.61 Å². The Kier molecular flexibility index (Phi) is 5.90. The first-order valence-electron chi connectivity index (χ1n) is 6.91. The number of rotatable bonds is 5. The quantitative estimate of drug-likeness (QED) is 0.467. The van der Waals surface area contributed by atoms with E-state index in [1.165, 1.54) is 0 Å². The molecule has 5 N–H and O–H groups in total.